The van der Waals surface area contributed by atoms with E-state index in [1.807, 2.05) is 0 Å². The molecule has 0 aliphatic rings. The van der Waals surface area contributed by atoms with E-state index in [-0.39, 0.29) is 0 Å². The Bertz CT molecular complexity index is 496. The third-order valence-corrected chi connectivity index (χ3v) is 4.21. The van der Waals surface area contributed by atoms with Gasteiger partial charge in [0.05, 0.1) is 0 Å². The normalized spacial score (nSPS) is 10.8. The molecule has 0 aliphatic heterocycles. The second kappa shape index (κ2) is 6.86. The van der Waals surface area contributed by atoms with Crippen LogP contribution in [0.25, 0.3) is 0 Å². The summed E-state index contributed by atoms with van der Waals surface area (Å²) in [6, 6.07) is 8.51. The molecule has 1 heterocycles. The minimum absolute atomic E-state index is 0.693. The second-order valence-electron chi connectivity index (χ2n) is 4.31. The van der Waals surface area contributed by atoms with Gasteiger partial charge in [0.1, 0.15) is 10.0 Å². The third-order valence-electron chi connectivity index (χ3n) is 2.90. The van der Waals surface area contributed by atoms with E-state index >= 15 is 0 Å². The van der Waals surface area contributed by atoms with Crippen molar-refractivity contribution in [2.45, 2.75) is 32.6 Å². The zero-order valence-corrected chi connectivity index (χ0v) is 12.1. The molecular weight excluding hydrogens is 264 g/mol. The van der Waals surface area contributed by atoms with E-state index in [4.69, 9.17) is 11.6 Å². The number of halogens is 1. The van der Waals surface area contributed by atoms with Crippen LogP contribution in [-0.4, -0.2) is 16.1 Å². The number of aryl methyl sites for hydroxylation is 4. The highest BCUT2D eigenvalue weighted by molar-refractivity contribution is 7.11. The highest BCUT2D eigenvalue weighted by Gasteiger charge is 2.05. The molecule has 0 N–H and O–H groups in total. The summed E-state index contributed by atoms with van der Waals surface area (Å²) < 4.78 is 0. The molecule has 1 aromatic carbocycles. The Morgan fingerprint density at radius 1 is 1.06 bits per heavy atom. The first-order valence-electron chi connectivity index (χ1n) is 6.21. The monoisotopic (exact) mass is 280 g/mol. The minimum Gasteiger partial charge on any atom is -0.144 e. The largest absolute Gasteiger partial charge is 0.144 e. The lowest BCUT2D eigenvalue weighted by Gasteiger charge is -2.02. The Kier molecular flexibility index (Phi) is 5.14. The fourth-order valence-corrected chi connectivity index (χ4v) is 2.86. The maximum absolute atomic E-state index is 5.67. The van der Waals surface area contributed by atoms with Gasteiger partial charge in [-0.3, -0.25) is 0 Å². The Labute approximate surface area is 117 Å². The third kappa shape index (κ3) is 3.79. The highest BCUT2D eigenvalue weighted by Crippen LogP contribution is 2.16. The van der Waals surface area contributed by atoms with Gasteiger partial charge in [-0.15, -0.1) is 33.1 Å². The van der Waals surface area contributed by atoms with Gasteiger partial charge >= 0.3 is 0 Å². The van der Waals surface area contributed by atoms with E-state index in [0.717, 1.165) is 35.7 Å². The molecule has 2 nitrogen and oxygen atoms in total. The van der Waals surface area contributed by atoms with Crippen LogP contribution < -0.4 is 0 Å². The molecule has 0 amide bonds. The molecule has 0 radical (unpaired) electrons. The van der Waals surface area contributed by atoms with Gasteiger partial charge in [0, 0.05) is 18.7 Å². The van der Waals surface area contributed by atoms with Gasteiger partial charge in [0.2, 0.25) is 0 Å². The first-order chi connectivity index (χ1) is 8.79. The summed E-state index contributed by atoms with van der Waals surface area (Å²) in [6.45, 7) is 2.15. The summed E-state index contributed by atoms with van der Waals surface area (Å²) in [7, 11) is 0. The van der Waals surface area contributed by atoms with E-state index in [0.29, 0.717) is 5.88 Å². The van der Waals surface area contributed by atoms with Crippen molar-refractivity contribution in [2.24, 2.45) is 0 Å². The predicted molar refractivity (Wildman–Crippen MR) is 77.5 cm³/mol. The molecule has 0 aliphatic carbocycles. The Morgan fingerprint density at radius 2 is 1.78 bits per heavy atom. The fourth-order valence-electron chi connectivity index (χ4n) is 1.84. The summed E-state index contributed by atoms with van der Waals surface area (Å²) in [4.78, 5) is 0. The van der Waals surface area contributed by atoms with E-state index in [2.05, 4.69) is 41.4 Å². The van der Waals surface area contributed by atoms with E-state index < -0.39 is 0 Å². The molecular formula is C14H17ClN2S. The van der Waals surface area contributed by atoms with Crippen LogP contribution in [0.2, 0.25) is 0 Å². The number of alkyl halides is 1. The van der Waals surface area contributed by atoms with Crippen LogP contribution in [0, 0.1) is 6.92 Å². The lowest BCUT2D eigenvalue weighted by molar-refractivity contribution is 0.855. The zero-order chi connectivity index (χ0) is 12.8. The standard InChI is InChI=1S/C14H17ClN2S/c1-11-5-2-3-6-12(11)8-9-14-17-16-13(18-14)7-4-10-15/h2-3,5-6H,4,7-10H2,1H3. The molecule has 1 aromatic heterocycles. The van der Waals surface area contributed by atoms with Crippen LogP contribution in [-0.2, 0) is 19.3 Å². The molecule has 0 bridgehead atoms. The van der Waals surface area contributed by atoms with Gasteiger partial charge in [0.25, 0.3) is 0 Å². The summed E-state index contributed by atoms with van der Waals surface area (Å²) in [5.74, 6) is 0.693. The van der Waals surface area contributed by atoms with Gasteiger partial charge in [-0.1, -0.05) is 24.3 Å². The molecule has 0 atom stereocenters. The number of hydrogen-bond acceptors (Lipinski definition) is 3. The van der Waals surface area contributed by atoms with Crippen molar-refractivity contribution in [3.8, 4) is 0 Å². The fraction of sp³-hybridized carbons (Fsp3) is 0.429. The van der Waals surface area contributed by atoms with E-state index in [1.165, 1.54) is 11.1 Å². The van der Waals surface area contributed by atoms with Crippen LogP contribution in [0.4, 0.5) is 0 Å². The number of aromatic nitrogens is 2. The van der Waals surface area contributed by atoms with Gasteiger partial charge in [-0.2, -0.15) is 0 Å². The molecule has 0 unspecified atom stereocenters. The van der Waals surface area contributed by atoms with Crippen molar-refractivity contribution in [1.29, 1.82) is 0 Å². The summed E-state index contributed by atoms with van der Waals surface area (Å²) in [6.07, 6.45) is 3.94. The molecule has 0 fully saturated rings. The van der Waals surface area contributed by atoms with Crippen molar-refractivity contribution in [2.75, 3.05) is 5.88 Å². The molecule has 0 saturated heterocycles. The summed E-state index contributed by atoms with van der Waals surface area (Å²) in [5, 5.41) is 10.7. The molecule has 96 valence electrons. The minimum atomic E-state index is 0.693. The molecule has 0 saturated carbocycles. The smallest absolute Gasteiger partial charge is 0.117 e. The Hall–Kier alpha value is -0.930. The molecule has 2 aromatic rings. The van der Waals surface area contributed by atoms with Crippen molar-refractivity contribution < 1.29 is 0 Å². The summed E-state index contributed by atoms with van der Waals surface area (Å²) in [5.41, 5.74) is 2.75. The number of nitrogens with zero attached hydrogens (tertiary/aromatic N) is 2. The highest BCUT2D eigenvalue weighted by atomic mass is 35.5. The lowest BCUT2D eigenvalue weighted by Crippen LogP contribution is -1.93. The van der Waals surface area contributed by atoms with Crippen molar-refractivity contribution in [1.82, 2.24) is 10.2 Å². The van der Waals surface area contributed by atoms with Crippen LogP contribution in [0.15, 0.2) is 24.3 Å². The predicted octanol–water partition coefficient (Wildman–Crippen LogP) is 3.80. The van der Waals surface area contributed by atoms with Crippen LogP contribution in [0.3, 0.4) is 0 Å². The molecule has 4 heteroatoms. The van der Waals surface area contributed by atoms with Crippen molar-refractivity contribution in [3.05, 3.63) is 45.4 Å². The van der Waals surface area contributed by atoms with Gasteiger partial charge in [-0.25, -0.2) is 0 Å². The number of rotatable bonds is 6. The number of benzene rings is 1. The van der Waals surface area contributed by atoms with E-state index in [9.17, 15) is 0 Å². The zero-order valence-electron chi connectivity index (χ0n) is 10.5. The van der Waals surface area contributed by atoms with Gasteiger partial charge in [-0.05, 0) is 30.9 Å². The summed E-state index contributed by atoms with van der Waals surface area (Å²) >= 11 is 7.39. The SMILES string of the molecule is Cc1ccccc1CCc1nnc(CCCCl)s1. The molecule has 0 spiro atoms. The number of hydrogen-bond donors (Lipinski definition) is 0. The topological polar surface area (TPSA) is 25.8 Å². The first kappa shape index (κ1) is 13.5. The maximum atomic E-state index is 5.67. The van der Waals surface area contributed by atoms with E-state index in [1.54, 1.807) is 11.3 Å². The molecule has 18 heavy (non-hydrogen) atoms. The Morgan fingerprint density at radius 3 is 2.50 bits per heavy atom. The maximum Gasteiger partial charge on any atom is 0.117 e. The lowest BCUT2D eigenvalue weighted by atomic mass is 10.0. The average Bonchev–Trinajstić information content (AvgIpc) is 2.83. The van der Waals surface area contributed by atoms with Crippen LogP contribution >= 0.6 is 22.9 Å². The van der Waals surface area contributed by atoms with Crippen molar-refractivity contribution in [3.63, 3.8) is 0 Å². The second-order valence-corrected chi connectivity index (χ2v) is 5.83. The Balaban J connectivity index is 1.90. The molecule has 2 rings (SSSR count). The van der Waals surface area contributed by atoms with Crippen LogP contribution in [0.1, 0.15) is 27.6 Å². The average molecular weight is 281 g/mol. The van der Waals surface area contributed by atoms with Gasteiger partial charge < -0.3 is 0 Å². The quantitative estimate of drug-likeness (QED) is 0.752. The first-order valence-corrected chi connectivity index (χ1v) is 7.56. The van der Waals surface area contributed by atoms with Crippen LogP contribution in [0.5, 0.6) is 0 Å². The van der Waals surface area contributed by atoms with Crippen molar-refractivity contribution >= 4 is 22.9 Å². The van der Waals surface area contributed by atoms with Gasteiger partial charge in [0.15, 0.2) is 0 Å².